The summed E-state index contributed by atoms with van der Waals surface area (Å²) in [6.07, 6.45) is 0.221. The van der Waals surface area contributed by atoms with Crippen molar-refractivity contribution in [3.8, 4) is 0 Å². The monoisotopic (exact) mass is 332 g/mol. The van der Waals surface area contributed by atoms with E-state index in [2.05, 4.69) is 4.74 Å². The van der Waals surface area contributed by atoms with Crippen LogP contribution in [0.1, 0.15) is 65.3 Å². The van der Waals surface area contributed by atoms with E-state index >= 15 is 0 Å². The first-order valence-electron chi connectivity index (χ1n) is 5.15. The Morgan fingerprint density at radius 1 is 0.773 bits per heavy atom. The highest BCUT2D eigenvalue weighted by atomic mass is 16.6. The van der Waals surface area contributed by atoms with Crippen molar-refractivity contribution in [1.82, 2.24) is 0 Å². The summed E-state index contributed by atoms with van der Waals surface area (Å²) in [5.74, 6) is -0.265. The molecule has 0 aliphatic rings. The average molecular weight is 333 g/mol. The van der Waals surface area contributed by atoms with Crippen LogP contribution in [-0.2, 0) is 23.7 Å². The summed E-state index contributed by atoms with van der Waals surface area (Å²) in [5.41, 5.74) is 0. The van der Waals surface area contributed by atoms with E-state index in [0.717, 1.165) is 0 Å². The number of hydrogen-bond acceptors (Lipinski definition) is 5. The van der Waals surface area contributed by atoms with Crippen molar-refractivity contribution < 1.29 is 23.7 Å². The lowest BCUT2D eigenvalue weighted by atomic mass is 10.4. The van der Waals surface area contributed by atoms with Crippen LogP contribution >= 0.6 is 0 Å². The lowest BCUT2D eigenvalue weighted by molar-refractivity contribution is -0.144. The second kappa shape index (κ2) is 37.0. The van der Waals surface area contributed by atoms with Crippen LogP contribution < -0.4 is 0 Å². The molecule has 0 aromatic carbocycles. The molecule has 0 spiro atoms. The van der Waals surface area contributed by atoms with Gasteiger partial charge in [-0.05, 0) is 13.8 Å². The maximum absolute atomic E-state index is 10.2. The maximum Gasteiger partial charge on any atom is 0.302 e. The molecule has 0 heterocycles. The van der Waals surface area contributed by atoms with E-state index in [9.17, 15) is 4.79 Å². The van der Waals surface area contributed by atoms with Gasteiger partial charge in [-0.25, -0.2) is 0 Å². The number of methoxy groups -OCH3 is 3. The molecule has 0 aliphatic heterocycles. The fraction of sp³-hybridized carbons (Fsp3) is 0.941. The fourth-order valence-corrected chi connectivity index (χ4v) is 0.605. The van der Waals surface area contributed by atoms with Gasteiger partial charge in [0, 0.05) is 28.3 Å². The first-order chi connectivity index (χ1) is 7.47. The summed E-state index contributed by atoms with van der Waals surface area (Å²) in [6, 6.07) is 0. The minimum Gasteiger partial charge on any atom is -0.463 e. The summed E-state index contributed by atoms with van der Waals surface area (Å²) >= 11 is 0. The van der Waals surface area contributed by atoms with E-state index in [4.69, 9.17) is 14.2 Å². The van der Waals surface area contributed by atoms with Crippen LogP contribution in [0.4, 0.5) is 0 Å². The third kappa shape index (κ3) is 50.6. The number of carbonyl (C=O) groups is 1. The fourth-order valence-electron chi connectivity index (χ4n) is 0.605. The first kappa shape index (κ1) is 49.6. The third-order valence-corrected chi connectivity index (χ3v) is 1.73. The number of esters is 1. The largest absolute Gasteiger partial charge is 0.463 e. The molecule has 0 aliphatic carbocycles. The quantitative estimate of drug-likeness (QED) is 0.636. The van der Waals surface area contributed by atoms with Crippen LogP contribution in [0.15, 0.2) is 0 Å². The number of carbonyl (C=O) groups excluding carboxylic acids is 1. The second-order valence-corrected chi connectivity index (χ2v) is 3.35. The zero-order chi connectivity index (χ0) is 13.0. The van der Waals surface area contributed by atoms with Gasteiger partial charge in [-0.1, -0.05) is 44.6 Å². The molecule has 2 atom stereocenters. The molecule has 5 heteroatoms. The van der Waals surface area contributed by atoms with Gasteiger partial charge in [0.1, 0.15) is 6.61 Å². The molecule has 2 unspecified atom stereocenters. The minimum atomic E-state index is -0.265. The highest BCUT2D eigenvalue weighted by Crippen LogP contribution is 1.88. The van der Waals surface area contributed by atoms with Gasteiger partial charge in [0.15, 0.2) is 0 Å². The van der Waals surface area contributed by atoms with E-state index in [1.54, 1.807) is 21.3 Å². The molecule has 0 fully saturated rings. The van der Waals surface area contributed by atoms with Gasteiger partial charge >= 0.3 is 5.97 Å². The molecule has 0 saturated heterocycles. The Bertz CT molecular complexity index is 163. The molecule has 0 bridgehead atoms. The second-order valence-electron chi connectivity index (χ2n) is 3.35. The van der Waals surface area contributed by atoms with Crippen LogP contribution in [0.25, 0.3) is 0 Å². The predicted octanol–water partition coefficient (Wildman–Crippen LogP) is 5.07. The van der Waals surface area contributed by atoms with Crippen LogP contribution in [0, 0.1) is 0 Å². The van der Waals surface area contributed by atoms with Crippen LogP contribution in [0.3, 0.4) is 0 Å². The summed E-state index contributed by atoms with van der Waals surface area (Å²) in [5, 5.41) is 0. The molecule has 0 rings (SSSR count). The Hall–Kier alpha value is -0.650. The highest BCUT2D eigenvalue weighted by molar-refractivity contribution is 5.65. The van der Waals surface area contributed by atoms with E-state index in [-0.39, 0.29) is 62.7 Å². The average Bonchev–Trinajstić information content (AvgIpc) is 2.26. The van der Waals surface area contributed by atoms with Gasteiger partial charge in [0.05, 0.1) is 18.8 Å². The first-order valence-corrected chi connectivity index (χ1v) is 5.15. The minimum absolute atomic E-state index is 0. The van der Waals surface area contributed by atoms with Gasteiger partial charge in [0.25, 0.3) is 0 Å². The smallest absolute Gasteiger partial charge is 0.302 e. The zero-order valence-corrected chi connectivity index (χ0v) is 11.1. The highest BCUT2D eigenvalue weighted by Gasteiger charge is 1.99. The van der Waals surface area contributed by atoms with Crippen molar-refractivity contribution in [2.45, 2.75) is 77.5 Å². The Kier molecular flexibility index (Phi) is 83.4. The molecule has 0 aromatic rings. The summed E-state index contributed by atoms with van der Waals surface area (Å²) < 4.78 is 19.1. The molecule has 0 amide bonds. The lowest BCUT2D eigenvalue weighted by Crippen LogP contribution is -2.15. The standard InChI is InChI=1S/C6H12O3.C5H12O2.6CH4/c1-5(8-3)4-9-6(2)7;1-5(7-3)4-6-2;;;;;;/h5H,4H2,1-3H3;5H,4H2,1-3H3;6*1H4. The Morgan fingerprint density at radius 3 is 1.27 bits per heavy atom. The number of rotatable bonds is 6. The Balaban J connectivity index is -0.0000000237. The molecule has 0 aromatic heterocycles. The van der Waals surface area contributed by atoms with Gasteiger partial charge < -0.3 is 18.9 Å². The third-order valence-electron chi connectivity index (χ3n) is 1.73. The zero-order valence-electron chi connectivity index (χ0n) is 11.1. The van der Waals surface area contributed by atoms with Crippen LogP contribution in [-0.4, -0.2) is 52.7 Å². The Morgan fingerprint density at radius 2 is 1.09 bits per heavy atom. The SMILES string of the molecule is C.C.C.C.C.C.COC(C)COC(C)=O.COCC(C)OC. The normalized spacial score (nSPS) is 9.73. The van der Waals surface area contributed by atoms with Crippen LogP contribution in [0.2, 0.25) is 0 Å². The topological polar surface area (TPSA) is 54.0 Å². The molecular formula is C17H48O5. The molecule has 0 N–H and O–H groups in total. The van der Waals surface area contributed by atoms with E-state index in [1.165, 1.54) is 6.92 Å². The van der Waals surface area contributed by atoms with Crippen molar-refractivity contribution in [3.05, 3.63) is 0 Å². The van der Waals surface area contributed by atoms with E-state index in [0.29, 0.717) is 13.2 Å². The molecule has 22 heavy (non-hydrogen) atoms. The molecule has 0 radical (unpaired) electrons. The lowest BCUT2D eigenvalue weighted by Gasteiger charge is -2.07. The number of ether oxygens (including phenoxy) is 4. The molecule has 146 valence electrons. The van der Waals surface area contributed by atoms with Gasteiger partial charge in [-0.3, -0.25) is 4.79 Å². The summed E-state index contributed by atoms with van der Waals surface area (Å²) in [6.45, 7) is 6.19. The van der Waals surface area contributed by atoms with Gasteiger partial charge in [-0.15, -0.1) is 0 Å². The van der Waals surface area contributed by atoms with E-state index in [1.807, 2.05) is 13.8 Å². The van der Waals surface area contributed by atoms with Crippen LogP contribution in [0.5, 0.6) is 0 Å². The summed E-state index contributed by atoms with van der Waals surface area (Å²) in [7, 11) is 4.91. The maximum atomic E-state index is 10.2. The van der Waals surface area contributed by atoms with Crippen molar-refractivity contribution in [3.63, 3.8) is 0 Å². The van der Waals surface area contributed by atoms with Crippen molar-refractivity contribution in [1.29, 1.82) is 0 Å². The van der Waals surface area contributed by atoms with Crippen molar-refractivity contribution in [2.75, 3.05) is 34.5 Å². The molecular weight excluding hydrogens is 284 g/mol. The molecule has 0 saturated carbocycles. The number of hydrogen-bond donors (Lipinski definition) is 0. The molecule has 5 nitrogen and oxygen atoms in total. The Labute approximate surface area is 142 Å². The summed E-state index contributed by atoms with van der Waals surface area (Å²) in [4.78, 5) is 10.2. The van der Waals surface area contributed by atoms with E-state index < -0.39 is 0 Å². The van der Waals surface area contributed by atoms with Crippen molar-refractivity contribution in [2.24, 2.45) is 0 Å². The van der Waals surface area contributed by atoms with Gasteiger partial charge in [0.2, 0.25) is 0 Å². The van der Waals surface area contributed by atoms with Crippen molar-refractivity contribution >= 4 is 5.97 Å². The van der Waals surface area contributed by atoms with Gasteiger partial charge in [-0.2, -0.15) is 0 Å². The predicted molar refractivity (Wildman–Crippen MR) is 102 cm³/mol.